The third-order valence-electron chi connectivity index (χ3n) is 2.84. The van der Waals surface area contributed by atoms with Crippen LogP contribution in [0.2, 0.25) is 0 Å². The average molecular weight is 238 g/mol. The van der Waals surface area contributed by atoms with Crippen molar-refractivity contribution in [3.8, 4) is 11.5 Å². The summed E-state index contributed by atoms with van der Waals surface area (Å²) in [7, 11) is 0. The summed E-state index contributed by atoms with van der Waals surface area (Å²) in [4.78, 5) is 10.5. The summed E-state index contributed by atoms with van der Waals surface area (Å²) in [6, 6.07) is 2.94. The van der Waals surface area contributed by atoms with E-state index in [0.717, 1.165) is 12.7 Å². The van der Waals surface area contributed by atoms with Gasteiger partial charge in [-0.1, -0.05) is 6.92 Å². The number of rotatable bonds is 3. The molecule has 1 unspecified atom stereocenters. The van der Waals surface area contributed by atoms with Gasteiger partial charge >= 0.3 is 0 Å². The molecule has 1 aliphatic rings. The van der Waals surface area contributed by atoms with Crippen molar-refractivity contribution in [2.45, 2.75) is 25.7 Å². The van der Waals surface area contributed by atoms with Crippen LogP contribution in [0.15, 0.2) is 12.1 Å². The van der Waals surface area contributed by atoms with Gasteiger partial charge in [-0.2, -0.15) is 0 Å². The van der Waals surface area contributed by atoms with Crippen LogP contribution in [0.1, 0.15) is 31.2 Å². The number of halogens is 1. The first-order valence-corrected chi connectivity index (χ1v) is 5.75. The third kappa shape index (κ3) is 2.40. The molecule has 0 N–H and O–H groups in total. The fourth-order valence-corrected chi connectivity index (χ4v) is 1.95. The zero-order chi connectivity index (χ0) is 12.3. The van der Waals surface area contributed by atoms with Crippen molar-refractivity contribution < 1.29 is 18.7 Å². The van der Waals surface area contributed by atoms with Crippen molar-refractivity contribution in [3.05, 3.63) is 23.5 Å². The molecule has 92 valence electrons. The highest BCUT2D eigenvalue weighted by Gasteiger charge is 2.22. The van der Waals surface area contributed by atoms with E-state index < -0.39 is 0 Å². The molecule has 0 saturated heterocycles. The highest BCUT2D eigenvalue weighted by molar-refractivity contribution is 5.55. The van der Waals surface area contributed by atoms with Crippen LogP contribution in [0.3, 0.4) is 0 Å². The lowest BCUT2D eigenvalue weighted by molar-refractivity contribution is -0.108. The Morgan fingerprint density at radius 2 is 2.18 bits per heavy atom. The van der Waals surface area contributed by atoms with Crippen molar-refractivity contribution in [2.24, 2.45) is 0 Å². The van der Waals surface area contributed by atoms with Crippen LogP contribution in [0.5, 0.6) is 11.5 Å². The maximum absolute atomic E-state index is 13.8. The molecule has 3 nitrogen and oxygen atoms in total. The van der Waals surface area contributed by atoms with Crippen LogP contribution in [0, 0.1) is 5.82 Å². The molecule has 0 bridgehead atoms. The number of fused-ring (bicyclic) bond motifs is 1. The number of ether oxygens (including phenoxy) is 2. The molecule has 0 aliphatic carbocycles. The summed E-state index contributed by atoms with van der Waals surface area (Å²) in [5.74, 6) is 0.473. The minimum atomic E-state index is -0.344. The molecule has 1 aliphatic heterocycles. The second-order valence-electron chi connectivity index (χ2n) is 4.14. The van der Waals surface area contributed by atoms with E-state index >= 15 is 0 Å². The third-order valence-corrected chi connectivity index (χ3v) is 2.84. The zero-order valence-corrected chi connectivity index (χ0v) is 9.74. The molecule has 1 heterocycles. The lowest BCUT2D eigenvalue weighted by Crippen LogP contribution is -2.04. The largest absolute Gasteiger partial charge is 0.490 e. The van der Waals surface area contributed by atoms with Crippen LogP contribution >= 0.6 is 0 Å². The summed E-state index contributed by atoms with van der Waals surface area (Å²) in [6.07, 6.45) is 1.84. The number of hydrogen-bond acceptors (Lipinski definition) is 3. The van der Waals surface area contributed by atoms with Crippen LogP contribution in [0.4, 0.5) is 4.39 Å². The maximum atomic E-state index is 13.8. The van der Waals surface area contributed by atoms with Crippen LogP contribution in [0.25, 0.3) is 0 Å². The molecule has 0 saturated carbocycles. The quantitative estimate of drug-likeness (QED) is 0.759. The molecule has 1 aromatic carbocycles. The lowest BCUT2D eigenvalue weighted by atomic mass is 9.96. The summed E-state index contributed by atoms with van der Waals surface area (Å²) < 4.78 is 24.9. The topological polar surface area (TPSA) is 35.5 Å². The Bertz CT molecular complexity index is 417. The molecule has 0 amide bonds. The van der Waals surface area contributed by atoms with Crippen molar-refractivity contribution >= 4 is 6.29 Å². The molecular weight excluding hydrogens is 223 g/mol. The van der Waals surface area contributed by atoms with E-state index in [1.54, 1.807) is 13.0 Å². The Hall–Kier alpha value is -1.58. The van der Waals surface area contributed by atoms with Gasteiger partial charge in [-0.3, -0.25) is 0 Å². The fourth-order valence-electron chi connectivity index (χ4n) is 1.95. The maximum Gasteiger partial charge on any atom is 0.167 e. The molecule has 1 atom stereocenters. The highest BCUT2D eigenvalue weighted by atomic mass is 19.1. The number of carbonyl (C=O) groups excluding carboxylic acids is 1. The first kappa shape index (κ1) is 11.9. The monoisotopic (exact) mass is 238 g/mol. The van der Waals surface area contributed by atoms with Crippen LogP contribution < -0.4 is 9.47 Å². The van der Waals surface area contributed by atoms with Gasteiger partial charge in [0.15, 0.2) is 11.5 Å². The Balaban J connectivity index is 2.44. The van der Waals surface area contributed by atoms with E-state index in [1.165, 1.54) is 6.07 Å². The van der Waals surface area contributed by atoms with Gasteiger partial charge in [0.05, 0.1) is 13.2 Å². The minimum absolute atomic E-state index is 0.204. The first-order chi connectivity index (χ1) is 8.24. The summed E-state index contributed by atoms with van der Waals surface area (Å²) in [5, 5.41) is 0. The Kier molecular flexibility index (Phi) is 3.61. The second kappa shape index (κ2) is 5.17. The Labute approximate surface area is 99.5 Å². The van der Waals surface area contributed by atoms with Gasteiger partial charge in [0.2, 0.25) is 0 Å². The summed E-state index contributed by atoms with van der Waals surface area (Å²) >= 11 is 0. The molecule has 17 heavy (non-hydrogen) atoms. The van der Waals surface area contributed by atoms with E-state index in [-0.39, 0.29) is 18.2 Å². The molecule has 1 aromatic rings. The van der Waals surface area contributed by atoms with E-state index in [4.69, 9.17) is 9.47 Å². The molecule has 0 spiro atoms. The van der Waals surface area contributed by atoms with E-state index in [0.29, 0.717) is 30.3 Å². The van der Waals surface area contributed by atoms with Gasteiger partial charge in [0.25, 0.3) is 0 Å². The predicted octanol–water partition coefficient (Wildman–Crippen LogP) is 2.68. The van der Waals surface area contributed by atoms with Crippen molar-refractivity contribution in [1.29, 1.82) is 0 Å². The molecule has 0 aromatic heterocycles. The van der Waals surface area contributed by atoms with Crippen molar-refractivity contribution in [1.82, 2.24) is 0 Å². The van der Waals surface area contributed by atoms with Gasteiger partial charge in [0, 0.05) is 18.4 Å². The minimum Gasteiger partial charge on any atom is -0.490 e. The number of carbonyl (C=O) groups is 1. The van der Waals surface area contributed by atoms with Crippen LogP contribution in [-0.4, -0.2) is 19.5 Å². The molecule has 0 fully saturated rings. The zero-order valence-electron chi connectivity index (χ0n) is 9.74. The van der Waals surface area contributed by atoms with E-state index in [1.807, 2.05) is 0 Å². The number of aldehydes is 1. The van der Waals surface area contributed by atoms with Crippen LogP contribution in [-0.2, 0) is 4.79 Å². The fraction of sp³-hybridized carbons (Fsp3) is 0.462. The average Bonchev–Trinajstić information content (AvgIpc) is 2.54. The van der Waals surface area contributed by atoms with Gasteiger partial charge in [0.1, 0.15) is 12.1 Å². The predicted molar refractivity (Wildman–Crippen MR) is 61.1 cm³/mol. The summed E-state index contributed by atoms with van der Waals surface area (Å²) in [5.41, 5.74) is 0.441. The SMILES string of the molecule is CC(CC=O)c1c(F)ccc2c1OCCCO2. The number of hydrogen-bond donors (Lipinski definition) is 0. The second-order valence-corrected chi connectivity index (χ2v) is 4.14. The lowest BCUT2D eigenvalue weighted by Gasteiger charge is -2.17. The van der Waals surface area contributed by atoms with E-state index in [9.17, 15) is 9.18 Å². The van der Waals surface area contributed by atoms with Gasteiger partial charge < -0.3 is 14.3 Å². The Morgan fingerprint density at radius 1 is 1.41 bits per heavy atom. The molecular formula is C13H15FO3. The first-order valence-electron chi connectivity index (χ1n) is 5.75. The smallest absolute Gasteiger partial charge is 0.167 e. The molecule has 4 heteroatoms. The Morgan fingerprint density at radius 3 is 2.94 bits per heavy atom. The number of benzene rings is 1. The summed E-state index contributed by atoms with van der Waals surface area (Å²) in [6.45, 7) is 2.89. The molecule has 2 rings (SSSR count). The van der Waals surface area contributed by atoms with Gasteiger partial charge in [-0.25, -0.2) is 4.39 Å². The standard InChI is InChI=1S/C13H15FO3/c1-9(5-6-15)12-10(14)3-4-11-13(12)17-8-2-7-16-11/h3-4,6,9H,2,5,7-8H2,1H3. The van der Waals surface area contributed by atoms with Gasteiger partial charge in [-0.05, 0) is 18.1 Å². The normalized spacial score (nSPS) is 16.1. The van der Waals surface area contributed by atoms with Crippen molar-refractivity contribution in [2.75, 3.05) is 13.2 Å². The van der Waals surface area contributed by atoms with E-state index in [2.05, 4.69) is 0 Å². The van der Waals surface area contributed by atoms with Crippen molar-refractivity contribution in [3.63, 3.8) is 0 Å². The highest BCUT2D eigenvalue weighted by Crippen LogP contribution is 2.39. The molecule has 0 radical (unpaired) electrons. The van der Waals surface area contributed by atoms with Gasteiger partial charge in [-0.15, -0.1) is 0 Å².